The molecular weight excluding hydrogens is 433 g/mol. The first-order valence-electron chi connectivity index (χ1n) is 6.34. The van der Waals surface area contributed by atoms with Crippen LogP contribution in [0.3, 0.4) is 0 Å². The van der Waals surface area contributed by atoms with Crippen molar-refractivity contribution >= 4 is 43.5 Å². The summed E-state index contributed by atoms with van der Waals surface area (Å²) in [5.41, 5.74) is 1.05. The van der Waals surface area contributed by atoms with Gasteiger partial charge in [0.25, 0.3) is 5.91 Å². The summed E-state index contributed by atoms with van der Waals surface area (Å²) in [5, 5.41) is 13.5. The summed E-state index contributed by atoms with van der Waals surface area (Å²) in [6.45, 7) is 0. The first-order chi connectivity index (χ1) is 11.0. The fraction of sp³-hybridized carbons (Fsp3) is 0. The lowest BCUT2D eigenvalue weighted by molar-refractivity contribution is 0.102. The van der Waals surface area contributed by atoms with Crippen LogP contribution < -0.4 is 5.32 Å². The Kier molecular flexibility index (Phi) is 4.49. The molecule has 9 heteroatoms. The van der Waals surface area contributed by atoms with Crippen molar-refractivity contribution in [2.45, 2.75) is 0 Å². The van der Waals surface area contributed by atoms with Crippen LogP contribution in [0.25, 0.3) is 5.69 Å². The number of tetrazole rings is 1. The van der Waals surface area contributed by atoms with Crippen molar-refractivity contribution in [3.05, 3.63) is 63.1 Å². The van der Waals surface area contributed by atoms with Crippen molar-refractivity contribution in [2.75, 3.05) is 5.32 Å². The lowest BCUT2D eigenvalue weighted by Gasteiger charge is -2.11. The Hall–Kier alpha value is -2.13. The second kappa shape index (κ2) is 6.55. The molecule has 3 aromatic rings. The molecule has 1 aromatic heterocycles. The standard InChI is InChI=1S/C14H8Br2FN5O/c15-8-1-3-12(11(16)5-8)19-14(23)10-6-9(17)2-4-13(10)22-7-18-20-21-22/h1-7H,(H,19,23). The molecule has 116 valence electrons. The molecule has 0 spiro atoms. The summed E-state index contributed by atoms with van der Waals surface area (Å²) < 4.78 is 16.4. The molecule has 6 nitrogen and oxygen atoms in total. The number of halogens is 3. The number of aromatic nitrogens is 4. The second-order valence-corrected chi connectivity index (χ2v) is 6.26. The number of hydrogen-bond acceptors (Lipinski definition) is 4. The van der Waals surface area contributed by atoms with Crippen LogP contribution in [0.15, 0.2) is 51.7 Å². The maximum absolute atomic E-state index is 13.6. The summed E-state index contributed by atoms with van der Waals surface area (Å²) in [5.74, 6) is -1.00. The smallest absolute Gasteiger partial charge is 0.257 e. The van der Waals surface area contributed by atoms with Crippen molar-refractivity contribution in [2.24, 2.45) is 0 Å². The van der Waals surface area contributed by atoms with E-state index in [1.54, 1.807) is 18.2 Å². The summed E-state index contributed by atoms with van der Waals surface area (Å²) in [4.78, 5) is 12.5. The number of carbonyl (C=O) groups is 1. The minimum Gasteiger partial charge on any atom is -0.321 e. The number of hydrogen-bond donors (Lipinski definition) is 1. The molecule has 2 aromatic carbocycles. The molecule has 0 saturated carbocycles. The Balaban J connectivity index is 1.97. The van der Waals surface area contributed by atoms with Gasteiger partial charge in [-0.3, -0.25) is 4.79 Å². The highest BCUT2D eigenvalue weighted by molar-refractivity contribution is 9.11. The van der Waals surface area contributed by atoms with Crippen LogP contribution in [0.1, 0.15) is 10.4 Å². The van der Waals surface area contributed by atoms with Gasteiger partial charge >= 0.3 is 0 Å². The van der Waals surface area contributed by atoms with Gasteiger partial charge in [0, 0.05) is 8.95 Å². The molecule has 0 radical (unpaired) electrons. The number of amides is 1. The Bertz CT molecular complexity index is 870. The maximum Gasteiger partial charge on any atom is 0.257 e. The molecule has 0 fully saturated rings. The number of nitrogens with one attached hydrogen (secondary N) is 1. The monoisotopic (exact) mass is 439 g/mol. The maximum atomic E-state index is 13.6. The molecular formula is C14H8Br2FN5O. The molecule has 0 bridgehead atoms. The van der Waals surface area contributed by atoms with Crippen molar-refractivity contribution in [1.29, 1.82) is 0 Å². The summed E-state index contributed by atoms with van der Waals surface area (Å²) >= 11 is 6.70. The molecule has 3 rings (SSSR count). The van der Waals surface area contributed by atoms with Crippen LogP contribution in [-0.4, -0.2) is 26.1 Å². The van der Waals surface area contributed by atoms with Crippen molar-refractivity contribution in [3.8, 4) is 5.69 Å². The second-order valence-electron chi connectivity index (χ2n) is 4.49. The number of rotatable bonds is 3. The highest BCUT2D eigenvalue weighted by atomic mass is 79.9. The van der Waals surface area contributed by atoms with Crippen molar-refractivity contribution < 1.29 is 9.18 Å². The van der Waals surface area contributed by atoms with E-state index in [9.17, 15) is 9.18 Å². The SMILES string of the molecule is O=C(Nc1ccc(Br)cc1Br)c1cc(F)ccc1-n1cnnn1. The van der Waals surface area contributed by atoms with Crippen LogP contribution in [0.5, 0.6) is 0 Å². The third-order valence-electron chi connectivity index (χ3n) is 2.98. The van der Waals surface area contributed by atoms with Crippen LogP contribution >= 0.6 is 31.9 Å². The lowest BCUT2D eigenvalue weighted by atomic mass is 10.1. The van der Waals surface area contributed by atoms with E-state index in [1.165, 1.54) is 23.1 Å². The minimum atomic E-state index is -0.526. The minimum absolute atomic E-state index is 0.118. The summed E-state index contributed by atoms with van der Waals surface area (Å²) in [6, 6.07) is 9.12. The van der Waals surface area contributed by atoms with E-state index >= 15 is 0 Å². The predicted octanol–water partition coefficient (Wildman–Crippen LogP) is 3.58. The van der Waals surface area contributed by atoms with E-state index in [0.717, 1.165) is 10.5 Å². The third-order valence-corrected chi connectivity index (χ3v) is 4.13. The van der Waals surface area contributed by atoms with Gasteiger partial charge in [0.2, 0.25) is 0 Å². The van der Waals surface area contributed by atoms with E-state index in [2.05, 4.69) is 52.7 Å². The Labute approximate surface area is 147 Å². The van der Waals surface area contributed by atoms with Gasteiger partial charge in [-0.15, -0.1) is 5.10 Å². The van der Waals surface area contributed by atoms with Gasteiger partial charge in [-0.25, -0.2) is 4.39 Å². The first kappa shape index (κ1) is 15.8. The Morgan fingerprint density at radius 1 is 1.17 bits per heavy atom. The third kappa shape index (κ3) is 3.45. The zero-order valence-electron chi connectivity index (χ0n) is 11.4. The molecule has 0 aliphatic carbocycles. The van der Waals surface area contributed by atoms with Crippen LogP contribution in [0.4, 0.5) is 10.1 Å². The van der Waals surface area contributed by atoms with E-state index < -0.39 is 11.7 Å². The molecule has 1 heterocycles. The fourth-order valence-electron chi connectivity index (χ4n) is 1.94. The van der Waals surface area contributed by atoms with Gasteiger partial charge in [0.05, 0.1) is 16.9 Å². The topological polar surface area (TPSA) is 72.7 Å². The normalized spacial score (nSPS) is 10.6. The van der Waals surface area contributed by atoms with Crippen LogP contribution in [0, 0.1) is 5.82 Å². The summed E-state index contributed by atoms with van der Waals surface area (Å²) in [6.07, 6.45) is 1.33. The molecule has 0 saturated heterocycles. The molecule has 23 heavy (non-hydrogen) atoms. The average molecular weight is 441 g/mol. The molecule has 0 aliphatic heterocycles. The quantitative estimate of drug-likeness (QED) is 0.675. The number of benzene rings is 2. The predicted molar refractivity (Wildman–Crippen MR) is 88.9 cm³/mol. The van der Waals surface area contributed by atoms with Gasteiger partial charge in [-0.05, 0) is 62.8 Å². The van der Waals surface area contributed by atoms with Crippen LogP contribution in [-0.2, 0) is 0 Å². The van der Waals surface area contributed by atoms with E-state index in [-0.39, 0.29) is 5.56 Å². The van der Waals surface area contributed by atoms with E-state index in [4.69, 9.17) is 0 Å². The van der Waals surface area contributed by atoms with Crippen molar-refractivity contribution in [3.63, 3.8) is 0 Å². The van der Waals surface area contributed by atoms with Gasteiger partial charge in [0.15, 0.2) is 0 Å². The zero-order valence-corrected chi connectivity index (χ0v) is 14.5. The van der Waals surface area contributed by atoms with Crippen molar-refractivity contribution in [1.82, 2.24) is 20.2 Å². The van der Waals surface area contributed by atoms with Crippen LogP contribution in [0.2, 0.25) is 0 Å². The largest absolute Gasteiger partial charge is 0.321 e. The summed E-state index contributed by atoms with van der Waals surface area (Å²) in [7, 11) is 0. The molecule has 0 unspecified atom stereocenters. The van der Waals surface area contributed by atoms with Gasteiger partial charge in [-0.2, -0.15) is 4.68 Å². The highest BCUT2D eigenvalue weighted by Crippen LogP contribution is 2.27. The average Bonchev–Trinajstić information content (AvgIpc) is 3.04. The van der Waals surface area contributed by atoms with Gasteiger partial charge < -0.3 is 5.32 Å². The Morgan fingerprint density at radius 3 is 2.70 bits per heavy atom. The number of carbonyl (C=O) groups excluding carboxylic acids is 1. The van der Waals surface area contributed by atoms with Gasteiger partial charge in [-0.1, -0.05) is 15.9 Å². The highest BCUT2D eigenvalue weighted by Gasteiger charge is 2.16. The number of nitrogens with zero attached hydrogens (tertiary/aromatic N) is 4. The van der Waals surface area contributed by atoms with E-state index in [0.29, 0.717) is 15.8 Å². The molecule has 0 atom stereocenters. The number of anilines is 1. The molecule has 1 N–H and O–H groups in total. The van der Waals surface area contributed by atoms with Gasteiger partial charge in [0.1, 0.15) is 12.1 Å². The zero-order chi connectivity index (χ0) is 16.4. The molecule has 0 aliphatic rings. The first-order valence-corrected chi connectivity index (χ1v) is 7.92. The Morgan fingerprint density at radius 2 is 2.00 bits per heavy atom. The molecule has 1 amide bonds. The fourth-order valence-corrected chi connectivity index (χ4v) is 3.09. The lowest BCUT2D eigenvalue weighted by Crippen LogP contribution is -2.16. The van der Waals surface area contributed by atoms with E-state index in [1.807, 2.05) is 0 Å².